The van der Waals surface area contributed by atoms with Crippen LogP contribution >= 0.6 is 0 Å². The van der Waals surface area contributed by atoms with E-state index >= 15 is 0 Å². The van der Waals surface area contributed by atoms with Gasteiger partial charge in [0, 0.05) is 6.20 Å². The van der Waals surface area contributed by atoms with Gasteiger partial charge in [-0.15, -0.1) is 0 Å². The van der Waals surface area contributed by atoms with Crippen molar-refractivity contribution in [2.45, 2.75) is 30.7 Å². The summed E-state index contributed by atoms with van der Waals surface area (Å²) in [5.41, 5.74) is 1.71. The number of carbonyl (C=O) groups is 1. The molecule has 4 N–H and O–H groups in total. The fourth-order valence-corrected chi connectivity index (χ4v) is 2.85. The van der Waals surface area contributed by atoms with Gasteiger partial charge in [0.2, 0.25) is 6.29 Å². The molecule has 0 saturated carbocycles. The molecule has 0 unspecified atom stereocenters. The van der Waals surface area contributed by atoms with Crippen molar-refractivity contribution in [3.8, 4) is 16.9 Å². The van der Waals surface area contributed by atoms with E-state index in [4.69, 9.17) is 9.47 Å². The van der Waals surface area contributed by atoms with Crippen molar-refractivity contribution in [2.24, 2.45) is 0 Å². The molecule has 150 valence electrons. The number of methoxy groups -OCH3 is 1. The van der Waals surface area contributed by atoms with Gasteiger partial charge in [0.25, 0.3) is 0 Å². The quantitative estimate of drug-likeness (QED) is 0.507. The van der Waals surface area contributed by atoms with Crippen LogP contribution in [-0.4, -0.2) is 75.8 Å². The topological polar surface area (TPSA) is 139 Å². The molecule has 0 radical (unpaired) electrons. The minimum absolute atomic E-state index is 0.182. The van der Waals surface area contributed by atoms with Crippen LogP contribution in [0.25, 0.3) is 11.1 Å². The summed E-state index contributed by atoms with van der Waals surface area (Å²) < 4.78 is 15.5. The van der Waals surface area contributed by atoms with Gasteiger partial charge in [0.05, 0.1) is 13.7 Å². The summed E-state index contributed by atoms with van der Waals surface area (Å²) in [5, 5.41) is 38.9. The highest BCUT2D eigenvalue weighted by molar-refractivity contribution is 5.88. The molecule has 1 aromatic heterocycles. The number of rotatable bonds is 5. The Balaban J connectivity index is 1.74. The highest BCUT2D eigenvalue weighted by Gasteiger charge is 2.44. The first-order valence-corrected chi connectivity index (χ1v) is 8.56. The SMILES string of the molecule is COC(=O)c1cc(-c2ccc(O[C@H]3O[C@H](CO)[C@@H](O)[C@H](O)[C@@H]3O)cc2)ccn1. The van der Waals surface area contributed by atoms with Crippen molar-refractivity contribution >= 4 is 5.97 Å². The molecule has 0 spiro atoms. The molecule has 9 nitrogen and oxygen atoms in total. The molecule has 9 heteroatoms. The van der Waals surface area contributed by atoms with Crippen LogP contribution in [0.15, 0.2) is 42.6 Å². The molecule has 1 aliphatic rings. The third-order valence-corrected chi connectivity index (χ3v) is 4.44. The minimum atomic E-state index is -1.51. The second kappa shape index (κ2) is 8.63. The van der Waals surface area contributed by atoms with Gasteiger partial charge in [-0.2, -0.15) is 0 Å². The number of benzene rings is 1. The van der Waals surface area contributed by atoms with Gasteiger partial charge in [-0.25, -0.2) is 9.78 Å². The maximum atomic E-state index is 11.6. The fourth-order valence-electron chi connectivity index (χ4n) is 2.85. The summed E-state index contributed by atoms with van der Waals surface area (Å²) in [6.45, 7) is -0.533. The Bertz CT molecular complexity index is 810. The van der Waals surface area contributed by atoms with Crippen molar-refractivity contribution in [3.05, 3.63) is 48.3 Å². The van der Waals surface area contributed by atoms with Crippen LogP contribution in [0.2, 0.25) is 0 Å². The van der Waals surface area contributed by atoms with Gasteiger partial charge in [-0.1, -0.05) is 12.1 Å². The van der Waals surface area contributed by atoms with Crippen molar-refractivity contribution in [1.82, 2.24) is 4.98 Å². The van der Waals surface area contributed by atoms with Gasteiger partial charge >= 0.3 is 5.97 Å². The first-order valence-electron chi connectivity index (χ1n) is 8.56. The van der Waals surface area contributed by atoms with Crippen molar-refractivity contribution in [2.75, 3.05) is 13.7 Å². The number of nitrogens with zero attached hydrogens (tertiary/aromatic N) is 1. The predicted octanol–water partition coefficient (Wildman–Crippen LogP) is -0.286. The van der Waals surface area contributed by atoms with Gasteiger partial charge < -0.3 is 34.6 Å². The van der Waals surface area contributed by atoms with Crippen LogP contribution in [0, 0.1) is 0 Å². The number of esters is 1. The van der Waals surface area contributed by atoms with E-state index < -0.39 is 43.3 Å². The molecule has 1 aliphatic heterocycles. The highest BCUT2D eigenvalue weighted by atomic mass is 16.7. The number of carbonyl (C=O) groups excluding carboxylic acids is 1. The molecule has 3 rings (SSSR count). The molecular formula is C19H21NO8. The summed E-state index contributed by atoms with van der Waals surface area (Å²) in [6, 6.07) is 10.0. The van der Waals surface area contributed by atoms with E-state index in [1.165, 1.54) is 13.3 Å². The molecule has 0 bridgehead atoms. The molecule has 28 heavy (non-hydrogen) atoms. The first-order chi connectivity index (χ1) is 13.4. The van der Waals surface area contributed by atoms with E-state index in [0.717, 1.165) is 11.1 Å². The Hall–Kier alpha value is -2.56. The van der Waals surface area contributed by atoms with E-state index in [9.17, 15) is 25.2 Å². The van der Waals surface area contributed by atoms with Crippen molar-refractivity contribution in [1.29, 1.82) is 0 Å². The third-order valence-electron chi connectivity index (χ3n) is 4.44. The number of hydrogen-bond donors (Lipinski definition) is 4. The summed E-state index contributed by atoms with van der Waals surface area (Å²) in [5.74, 6) is -0.195. The number of hydrogen-bond acceptors (Lipinski definition) is 9. The lowest BCUT2D eigenvalue weighted by Gasteiger charge is -2.39. The molecular weight excluding hydrogens is 370 g/mol. The first kappa shape index (κ1) is 20.2. The Kier molecular flexibility index (Phi) is 6.22. The van der Waals surface area contributed by atoms with E-state index in [0.29, 0.717) is 5.75 Å². The molecule has 0 amide bonds. The summed E-state index contributed by atoms with van der Waals surface area (Å²) in [7, 11) is 1.28. The average Bonchev–Trinajstić information content (AvgIpc) is 2.74. The smallest absolute Gasteiger partial charge is 0.356 e. The standard InChI is InChI=1S/C19H21NO8/c1-26-18(25)13-8-11(6-7-20-13)10-2-4-12(5-3-10)27-19-17(24)16(23)15(22)14(9-21)28-19/h2-8,14-17,19,21-24H,9H2,1H3/t14-,15-,16+,17+,19+/m1/s1. The van der Waals surface area contributed by atoms with Gasteiger partial charge in [-0.05, 0) is 35.4 Å². The highest BCUT2D eigenvalue weighted by Crippen LogP contribution is 2.27. The molecule has 1 aromatic carbocycles. The van der Waals surface area contributed by atoms with Crippen LogP contribution in [0.4, 0.5) is 0 Å². The number of aliphatic hydroxyl groups excluding tert-OH is 4. The van der Waals surface area contributed by atoms with Crippen LogP contribution in [0.5, 0.6) is 5.75 Å². The summed E-state index contributed by atoms with van der Waals surface area (Å²) in [4.78, 5) is 15.6. The minimum Gasteiger partial charge on any atom is -0.464 e. The lowest BCUT2D eigenvalue weighted by molar-refractivity contribution is -0.277. The van der Waals surface area contributed by atoms with Crippen LogP contribution in [0.1, 0.15) is 10.5 Å². The normalized spacial score (nSPS) is 27.2. The zero-order valence-electron chi connectivity index (χ0n) is 15.0. The number of ether oxygens (including phenoxy) is 3. The maximum absolute atomic E-state index is 11.6. The zero-order chi connectivity index (χ0) is 20.3. The Morgan fingerprint density at radius 3 is 2.43 bits per heavy atom. The maximum Gasteiger partial charge on any atom is 0.356 e. The van der Waals surface area contributed by atoms with E-state index in [1.54, 1.807) is 36.4 Å². The van der Waals surface area contributed by atoms with Gasteiger partial charge in [0.1, 0.15) is 35.9 Å². The largest absolute Gasteiger partial charge is 0.464 e. The molecule has 1 fully saturated rings. The van der Waals surface area contributed by atoms with Crippen LogP contribution < -0.4 is 4.74 Å². The van der Waals surface area contributed by atoms with E-state index in [2.05, 4.69) is 9.72 Å². The second-order valence-electron chi connectivity index (χ2n) is 6.26. The molecule has 1 saturated heterocycles. The molecule has 0 aliphatic carbocycles. The van der Waals surface area contributed by atoms with Crippen LogP contribution in [0.3, 0.4) is 0 Å². The average molecular weight is 391 g/mol. The van der Waals surface area contributed by atoms with Crippen molar-refractivity contribution in [3.63, 3.8) is 0 Å². The Morgan fingerprint density at radius 1 is 1.07 bits per heavy atom. The van der Waals surface area contributed by atoms with Crippen molar-refractivity contribution < 1.29 is 39.4 Å². The van der Waals surface area contributed by atoms with Gasteiger partial charge in [-0.3, -0.25) is 0 Å². The number of aliphatic hydroxyl groups is 4. The Morgan fingerprint density at radius 2 is 1.79 bits per heavy atom. The summed E-state index contributed by atoms with van der Waals surface area (Å²) >= 11 is 0. The van der Waals surface area contributed by atoms with E-state index in [-0.39, 0.29) is 5.69 Å². The molecule has 5 atom stereocenters. The third kappa shape index (κ3) is 4.13. The Labute approximate surface area is 160 Å². The second-order valence-corrected chi connectivity index (χ2v) is 6.26. The van der Waals surface area contributed by atoms with Crippen LogP contribution in [-0.2, 0) is 9.47 Å². The number of pyridine rings is 1. The summed E-state index contributed by atoms with van der Waals surface area (Å²) in [6.07, 6.45) is -5.24. The fraction of sp³-hybridized carbons (Fsp3) is 0.368. The lowest BCUT2D eigenvalue weighted by Crippen LogP contribution is -2.60. The lowest BCUT2D eigenvalue weighted by atomic mass is 9.99. The van der Waals surface area contributed by atoms with E-state index in [1.807, 2.05) is 0 Å². The molecule has 2 aromatic rings. The monoisotopic (exact) mass is 391 g/mol. The zero-order valence-corrected chi connectivity index (χ0v) is 15.0. The predicted molar refractivity (Wildman–Crippen MR) is 95.4 cm³/mol. The molecule has 2 heterocycles. The van der Waals surface area contributed by atoms with Gasteiger partial charge in [0.15, 0.2) is 0 Å². The number of aromatic nitrogens is 1.